The maximum atomic E-state index is 2.72. The van der Waals surface area contributed by atoms with Crippen LogP contribution in [0, 0.1) is 23.7 Å². The van der Waals surface area contributed by atoms with E-state index < -0.39 is 21.3 Å². The zero-order valence-electron chi connectivity index (χ0n) is 29.4. The van der Waals surface area contributed by atoms with Crippen molar-refractivity contribution in [3.05, 3.63) is 151 Å². The van der Waals surface area contributed by atoms with Gasteiger partial charge in [0.05, 0.1) is 0 Å². The van der Waals surface area contributed by atoms with Crippen molar-refractivity contribution in [3.8, 4) is 11.1 Å². The number of rotatable bonds is 9. The van der Waals surface area contributed by atoms with E-state index in [0.717, 1.165) is 12.8 Å². The number of allylic oxidation sites excluding steroid dienone is 4. The van der Waals surface area contributed by atoms with Crippen molar-refractivity contribution >= 4 is 3.21 Å². The molecule has 47 heavy (non-hydrogen) atoms. The number of hydrogen-bond donors (Lipinski definition) is 0. The monoisotopic (exact) mass is 738 g/mol. The predicted molar refractivity (Wildman–Crippen MR) is 192 cm³/mol. The third kappa shape index (κ3) is 7.06. The van der Waals surface area contributed by atoms with Gasteiger partial charge >= 0.3 is 282 Å². The van der Waals surface area contributed by atoms with Crippen molar-refractivity contribution in [2.45, 2.75) is 71.9 Å². The van der Waals surface area contributed by atoms with Gasteiger partial charge in [-0.15, -0.1) is 0 Å². The molecule has 6 rings (SSSR count). The number of aryl methyl sites for hydroxylation is 2. The van der Waals surface area contributed by atoms with Gasteiger partial charge in [0.15, 0.2) is 0 Å². The fourth-order valence-electron chi connectivity index (χ4n) is 7.93. The minimum absolute atomic E-state index is 0. The Morgan fingerprint density at radius 3 is 1.47 bits per heavy atom. The molecule has 0 radical (unpaired) electrons. The van der Waals surface area contributed by atoms with Crippen LogP contribution in [0.25, 0.3) is 11.1 Å². The van der Waals surface area contributed by atoms with E-state index in [2.05, 4.69) is 159 Å². The van der Waals surface area contributed by atoms with Gasteiger partial charge in [0.25, 0.3) is 0 Å². The van der Waals surface area contributed by atoms with Crippen LogP contribution in [-0.2, 0) is 34.1 Å². The summed E-state index contributed by atoms with van der Waals surface area (Å²) >= 11 is -2.92. The second-order valence-electron chi connectivity index (χ2n) is 14.0. The summed E-state index contributed by atoms with van der Waals surface area (Å²) in [6.07, 6.45) is 4.85. The molecule has 0 nitrogen and oxygen atoms in total. The zero-order valence-corrected chi connectivity index (χ0v) is 33.3. The van der Waals surface area contributed by atoms with E-state index in [1.54, 1.807) is 25.5 Å². The summed E-state index contributed by atoms with van der Waals surface area (Å²) in [5.41, 5.74) is 15.2. The molecule has 0 saturated heterocycles. The summed E-state index contributed by atoms with van der Waals surface area (Å²) in [4.78, 5) is 0. The van der Waals surface area contributed by atoms with Gasteiger partial charge in [-0.1, -0.05) is 0 Å². The Hall–Kier alpha value is -2.31. The van der Waals surface area contributed by atoms with Crippen molar-refractivity contribution < 1.29 is 46.1 Å². The van der Waals surface area contributed by atoms with E-state index in [1.807, 2.05) is 3.28 Å². The summed E-state index contributed by atoms with van der Waals surface area (Å²) in [6.45, 7) is 19.3. The van der Waals surface area contributed by atoms with Gasteiger partial charge < -0.3 is 24.8 Å². The molecule has 3 heteroatoms. The first-order chi connectivity index (χ1) is 21.7. The first kappa shape index (κ1) is 37.5. The minimum Gasteiger partial charge on any atom is -1.00 e. The van der Waals surface area contributed by atoms with Gasteiger partial charge in [-0.25, -0.2) is 0 Å². The van der Waals surface area contributed by atoms with E-state index in [-0.39, 0.29) is 24.8 Å². The largest absolute Gasteiger partial charge is 1.00 e. The first-order valence-electron chi connectivity index (χ1n) is 17.3. The Morgan fingerprint density at radius 2 is 1.09 bits per heavy atom. The van der Waals surface area contributed by atoms with E-state index in [4.69, 9.17) is 0 Å². The summed E-state index contributed by atoms with van der Waals surface area (Å²) in [7, 11) is 0. The molecule has 0 saturated carbocycles. The Bertz CT molecular complexity index is 1700. The van der Waals surface area contributed by atoms with E-state index in [1.165, 1.54) is 33.4 Å². The first-order valence-corrected chi connectivity index (χ1v) is 21.2. The molecule has 0 amide bonds. The molecule has 0 bridgehead atoms. The third-order valence-corrected chi connectivity index (χ3v) is 18.7. The summed E-state index contributed by atoms with van der Waals surface area (Å²) < 4.78 is 3.93. The van der Waals surface area contributed by atoms with Crippen molar-refractivity contribution in [1.29, 1.82) is 0 Å². The van der Waals surface area contributed by atoms with Crippen LogP contribution in [0.15, 0.2) is 118 Å². The molecular formula is C44H50Cl2Zr. The molecule has 244 valence electrons. The maximum Gasteiger partial charge on any atom is -1.00 e. The summed E-state index contributed by atoms with van der Waals surface area (Å²) in [5.74, 6) is 2.04. The fourth-order valence-corrected chi connectivity index (χ4v) is 18.8. The predicted octanol–water partition coefficient (Wildman–Crippen LogP) is 5.55. The number of benzene rings is 4. The average Bonchev–Trinajstić information content (AvgIpc) is 3.61. The van der Waals surface area contributed by atoms with E-state index in [0.29, 0.717) is 27.3 Å². The quantitative estimate of drug-likeness (QED) is 0.211. The van der Waals surface area contributed by atoms with Gasteiger partial charge in [-0.3, -0.25) is 0 Å². The van der Waals surface area contributed by atoms with Crippen LogP contribution in [0.3, 0.4) is 0 Å². The zero-order chi connectivity index (χ0) is 31.8. The summed E-state index contributed by atoms with van der Waals surface area (Å²) in [5, 5.41) is 0. The van der Waals surface area contributed by atoms with Crippen molar-refractivity contribution in [1.82, 2.24) is 0 Å². The van der Waals surface area contributed by atoms with Crippen LogP contribution in [-0.4, -0.2) is 3.21 Å². The average molecular weight is 741 g/mol. The second kappa shape index (κ2) is 15.9. The van der Waals surface area contributed by atoms with Crippen LogP contribution < -0.4 is 24.8 Å². The molecule has 4 aromatic carbocycles. The summed E-state index contributed by atoms with van der Waals surface area (Å²) in [6, 6.07) is 37.8. The smallest absolute Gasteiger partial charge is 1.00 e. The van der Waals surface area contributed by atoms with Crippen LogP contribution >= 0.6 is 0 Å². The Kier molecular flexibility index (Phi) is 12.7. The molecule has 0 aliphatic heterocycles. The minimum atomic E-state index is -2.92. The normalized spacial score (nSPS) is 15.2. The van der Waals surface area contributed by atoms with Gasteiger partial charge in [-0.05, 0) is 0 Å². The number of fused-ring (bicyclic) bond motifs is 3. The van der Waals surface area contributed by atoms with Crippen LogP contribution in [0.2, 0.25) is 0 Å². The van der Waals surface area contributed by atoms with Crippen LogP contribution in [0.5, 0.6) is 0 Å². The topological polar surface area (TPSA) is 0 Å². The fraction of sp³-hybridized carbons (Fsp3) is 0.341. The molecule has 0 aromatic heterocycles. The van der Waals surface area contributed by atoms with Gasteiger partial charge in [0, 0.05) is 0 Å². The Balaban J connectivity index is 0.00000250. The van der Waals surface area contributed by atoms with Crippen LogP contribution in [0.1, 0.15) is 92.4 Å². The van der Waals surface area contributed by atoms with Gasteiger partial charge in [0.2, 0.25) is 0 Å². The van der Waals surface area contributed by atoms with Crippen molar-refractivity contribution in [3.63, 3.8) is 0 Å². The number of hydrogen-bond acceptors (Lipinski definition) is 0. The van der Waals surface area contributed by atoms with Crippen LogP contribution in [0.4, 0.5) is 0 Å². The van der Waals surface area contributed by atoms with Crippen molar-refractivity contribution in [2.24, 2.45) is 23.7 Å². The Labute approximate surface area is 304 Å². The molecule has 4 aromatic rings. The maximum absolute atomic E-state index is 2.92. The molecular weight excluding hydrogens is 691 g/mol. The standard InChI is InChI=1S/C17H17.C14H23.C13H10.2ClH.Zr/c1-3-12-5-7-16-14(9-12)11-15-10-13(4-2)6-8-17(15)16;1-9(2)12-7-13(10(3)4)14(8-12)11(5)6;1-3-7-12(8-4-1)11-13-9-5-2-6-10-13;;;/h5-11H,3-4H2,1-2H3;7,9-12H,1-6H3;1-10H;2*1H;/q;;;;;+2/p-2. The molecule has 0 spiro atoms. The molecule has 1 atom stereocenters. The van der Waals surface area contributed by atoms with Gasteiger partial charge in [0.1, 0.15) is 0 Å². The Morgan fingerprint density at radius 1 is 0.617 bits per heavy atom. The molecule has 2 aliphatic carbocycles. The number of halogens is 2. The van der Waals surface area contributed by atoms with Gasteiger partial charge in [-0.2, -0.15) is 0 Å². The van der Waals surface area contributed by atoms with E-state index in [9.17, 15) is 0 Å². The molecule has 2 aliphatic rings. The van der Waals surface area contributed by atoms with E-state index >= 15 is 0 Å². The molecule has 0 N–H and O–H groups in total. The molecule has 1 unspecified atom stereocenters. The van der Waals surface area contributed by atoms with Crippen molar-refractivity contribution in [2.75, 3.05) is 0 Å². The molecule has 0 fully saturated rings. The second-order valence-corrected chi connectivity index (χ2v) is 20.0. The molecule has 0 heterocycles. The third-order valence-electron chi connectivity index (χ3n) is 10.1. The SMILES string of the molecule is CCc1ccc2c(c1)[CH]([Zr+2]([C]1=C(C(C)C)C(C(C)C)=CC1C(C)C)=[C](c1ccccc1)c1ccccc1)c1cc(CC)ccc1-2.[Cl-].[Cl-].